The molecule has 1 heterocycles. The lowest BCUT2D eigenvalue weighted by Gasteiger charge is -2.61. The summed E-state index contributed by atoms with van der Waals surface area (Å²) < 4.78 is 14.1. The first-order chi connectivity index (χ1) is 18.5. The smallest absolute Gasteiger partial charge is 0.303 e. The van der Waals surface area contributed by atoms with Crippen molar-refractivity contribution in [3.8, 4) is 0 Å². The lowest BCUT2D eigenvalue weighted by atomic mass is 9.45. The summed E-state index contributed by atoms with van der Waals surface area (Å²) in [5.74, 6) is 2.98. The van der Waals surface area contributed by atoms with Crippen molar-refractivity contribution in [2.75, 3.05) is 47.4 Å². The summed E-state index contributed by atoms with van der Waals surface area (Å²) in [6.45, 7) is 10.5. The van der Waals surface area contributed by atoms with Crippen LogP contribution in [0.15, 0.2) is 30.3 Å². The Morgan fingerprint density at radius 2 is 1.64 bits per heavy atom. The molecule has 5 nitrogen and oxygen atoms in total. The fraction of sp³-hybridized carbons (Fsp3) is 0.794. The van der Waals surface area contributed by atoms with Crippen LogP contribution in [0.5, 0.6) is 0 Å². The quantitative estimate of drug-likeness (QED) is 0.346. The highest BCUT2D eigenvalue weighted by atomic mass is 16.5. The van der Waals surface area contributed by atoms with E-state index in [-0.39, 0.29) is 17.5 Å². The molecular formula is C34H54N2O3+2. The van der Waals surface area contributed by atoms with Gasteiger partial charge in [-0.1, -0.05) is 32.0 Å². The van der Waals surface area contributed by atoms with E-state index < -0.39 is 0 Å². The van der Waals surface area contributed by atoms with Crippen molar-refractivity contribution >= 4 is 11.7 Å². The second-order valence-corrected chi connectivity index (χ2v) is 15.4. The van der Waals surface area contributed by atoms with E-state index in [0.29, 0.717) is 23.4 Å². The molecule has 0 aromatic heterocycles. The number of nitrogens with zero attached hydrogens (tertiary/aromatic N) is 2. The van der Waals surface area contributed by atoms with Crippen molar-refractivity contribution < 1.29 is 18.8 Å². The molecule has 0 bridgehead atoms. The lowest BCUT2D eigenvalue weighted by Crippen LogP contribution is -2.62. The second-order valence-electron chi connectivity index (χ2n) is 15.4. The van der Waals surface area contributed by atoms with Crippen molar-refractivity contribution in [1.82, 2.24) is 4.48 Å². The zero-order valence-corrected chi connectivity index (χ0v) is 25.5. The number of ether oxygens (including phenoxy) is 2. The third-order valence-electron chi connectivity index (χ3n) is 13.5. The number of carbonyl (C=O) groups is 1. The lowest BCUT2D eigenvalue weighted by molar-refractivity contribution is -0.942. The third kappa shape index (κ3) is 4.41. The van der Waals surface area contributed by atoms with Gasteiger partial charge in [-0.05, 0) is 73.3 Å². The molecule has 1 aromatic rings. The van der Waals surface area contributed by atoms with E-state index in [1.807, 2.05) is 0 Å². The van der Waals surface area contributed by atoms with Gasteiger partial charge in [0, 0.05) is 31.6 Å². The average Bonchev–Trinajstić information content (AvgIpc) is 3.21. The van der Waals surface area contributed by atoms with Gasteiger partial charge in [0.2, 0.25) is 0 Å². The number of hydrogen-bond acceptors (Lipinski definition) is 3. The maximum absolute atomic E-state index is 12.4. The monoisotopic (exact) mass is 538 g/mol. The summed E-state index contributed by atoms with van der Waals surface area (Å²) in [5.41, 5.74) is 1.99. The molecule has 1 aliphatic heterocycles. The number of carbonyl (C=O) groups excluding carboxylic acids is 1. The van der Waals surface area contributed by atoms with E-state index >= 15 is 0 Å². The molecule has 5 aliphatic rings. The SMILES string of the molecule is CC(=O)O[C@H]1[C@@H]([N+]2(C)CCOCC2)C[C@H]2[C@@H]3CC[C@H]4C[C@@H]([N+](C)(C)c5ccccc5)CC[C@]4(C)[C@H]3CC[C@@]21C. The molecule has 5 heteroatoms. The van der Waals surface area contributed by atoms with Crippen LogP contribution < -0.4 is 4.48 Å². The highest BCUT2D eigenvalue weighted by Crippen LogP contribution is 2.67. The minimum atomic E-state index is -0.0954. The maximum atomic E-state index is 12.4. The van der Waals surface area contributed by atoms with E-state index in [0.717, 1.165) is 53.0 Å². The van der Waals surface area contributed by atoms with Gasteiger partial charge in [-0.15, -0.1) is 0 Å². The number of quaternary nitrogens is 2. The molecule has 9 atom stereocenters. The largest absolute Gasteiger partial charge is 0.456 e. The van der Waals surface area contributed by atoms with Crippen LogP contribution in [0.3, 0.4) is 0 Å². The molecule has 216 valence electrons. The zero-order chi connectivity index (χ0) is 27.6. The minimum absolute atomic E-state index is 0.0364. The van der Waals surface area contributed by atoms with Crippen LogP contribution in [0, 0.1) is 34.5 Å². The molecule has 6 rings (SSSR count). The van der Waals surface area contributed by atoms with Crippen LogP contribution in [0.1, 0.15) is 72.1 Å². The van der Waals surface area contributed by atoms with Crippen LogP contribution >= 0.6 is 0 Å². The Labute approximate surface area is 237 Å². The summed E-state index contributed by atoms with van der Waals surface area (Å²) in [4.78, 5) is 12.4. The van der Waals surface area contributed by atoms with E-state index in [2.05, 4.69) is 65.3 Å². The van der Waals surface area contributed by atoms with Crippen molar-refractivity contribution in [3.63, 3.8) is 0 Å². The molecule has 1 saturated heterocycles. The summed E-state index contributed by atoms with van der Waals surface area (Å²) in [6.07, 6.45) is 10.6. The average molecular weight is 539 g/mol. The first kappa shape index (κ1) is 27.7. The fourth-order valence-electron chi connectivity index (χ4n) is 10.9. The Morgan fingerprint density at radius 3 is 2.33 bits per heavy atom. The van der Waals surface area contributed by atoms with E-state index in [9.17, 15) is 4.79 Å². The summed E-state index contributed by atoms with van der Waals surface area (Å²) in [7, 11) is 7.28. The van der Waals surface area contributed by atoms with Gasteiger partial charge in [0.1, 0.15) is 24.8 Å². The van der Waals surface area contributed by atoms with E-state index in [1.165, 1.54) is 57.1 Å². The van der Waals surface area contributed by atoms with Gasteiger partial charge >= 0.3 is 5.97 Å². The van der Waals surface area contributed by atoms with Crippen molar-refractivity contribution in [1.29, 1.82) is 0 Å². The molecule has 0 spiro atoms. The van der Waals surface area contributed by atoms with Gasteiger partial charge in [0.15, 0.2) is 6.10 Å². The standard InChI is InChI=1S/C34H54N2O3/c1-24(37)39-32-31(36(6)18-20-38-21-19-36)23-30-28-13-12-25-22-27(35(4,5)26-10-8-7-9-11-26)14-16-33(25,2)29(28)15-17-34(30,32)3/h7-11,25,27-32H,12-23H2,1-6H3/q+2/t25-,27-,28+,29-,30-,31-,32-,33-,34-/m0/s1. The third-order valence-corrected chi connectivity index (χ3v) is 13.5. The Morgan fingerprint density at radius 1 is 0.949 bits per heavy atom. The second kappa shape index (κ2) is 9.84. The Balaban J connectivity index is 1.24. The molecular weight excluding hydrogens is 484 g/mol. The normalized spacial score (nSPS) is 43.6. The van der Waals surface area contributed by atoms with E-state index in [4.69, 9.17) is 9.47 Å². The number of likely N-dealkylation sites (N-methyl/N-ethyl adjacent to an activating group) is 1. The molecule has 39 heavy (non-hydrogen) atoms. The summed E-state index contributed by atoms with van der Waals surface area (Å²) in [5, 5.41) is 0. The van der Waals surface area contributed by atoms with Gasteiger partial charge in [-0.3, -0.25) is 9.28 Å². The van der Waals surface area contributed by atoms with Crippen LogP contribution in [0.2, 0.25) is 0 Å². The first-order valence-electron chi connectivity index (χ1n) is 16.0. The number of morpholine rings is 1. The van der Waals surface area contributed by atoms with Crippen LogP contribution in [-0.2, 0) is 14.3 Å². The van der Waals surface area contributed by atoms with Crippen molar-refractivity contribution in [2.45, 2.75) is 90.3 Å². The molecule has 0 unspecified atom stereocenters. The molecule has 1 aromatic carbocycles. The van der Waals surface area contributed by atoms with Gasteiger partial charge in [-0.25, -0.2) is 0 Å². The highest BCUT2D eigenvalue weighted by Gasteiger charge is 2.67. The molecule has 5 fully saturated rings. The van der Waals surface area contributed by atoms with Crippen molar-refractivity contribution in [2.24, 2.45) is 34.5 Å². The van der Waals surface area contributed by atoms with Gasteiger partial charge in [0.05, 0.1) is 40.4 Å². The number of hydrogen-bond donors (Lipinski definition) is 0. The Kier molecular flexibility index (Phi) is 7.00. The van der Waals surface area contributed by atoms with Gasteiger partial charge in [-0.2, -0.15) is 0 Å². The molecule has 0 N–H and O–H groups in total. The Bertz CT molecular complexity index is 1050. The van der Waals surface area contributed by atoms with Crippen LogP contribution in [-0.4, -0.2) is 76.1 Å². The molecule has 4 aliphatic carbocycles. The Hall–Kier alpha value is -1.43. The first-order valence-corrected chi connectivity index (χ1v) is 16.0. The van der Waals surface area contributed by atoms with E-state index in [1.54, 1.807) is 6.92 Å². The van der Waals surface area contributed by atoms with Crippen LogP contribution in [0.4, 0.5) is 5.69 Å². The van der Waals surface area contributed by atoms with Crippen LogP contribution in [0.25, 0.3) is 0 Å². The molecule has 4 saturated carbocycles. The topological polar surface area (TPSA) is 35.5 Å². The summed E-state index contributed by atoms with van der Waals surface area (Å²) >= 11 is 0. The number of fused-ring (bicyclic) bond motifs is 5. The highest BCUT2D eigenvalue weighted by molar-refractivity contribution is 5.66. The fourth-order valence-corrected chi connectivity index (χ4v) is 10.9. The predicted octanol–water partition coefficient (Wildman–Crippen LogP) is 6.05. The van der Waals surface area contributed by atoms with Gasteiger partial charge in [0.25, 0.3) is 0 Å². The number of rotatable bonds is 4. The number of para-hydroxylation sites is 1. The molecule has 0 radical (unpaired) electrons. The zero-order valence-electron chi connectivity index (χ0n) is 25.5. The number of benzene rings is 1. The van der Waals surface area contributed by atoms with Crippen molar-refractivity contribution in [3.05, 3.63) is 30.3 Å². The predicted molar refractivity (Wildman–Crippen MR) is 157 cm³/mol. The van der Waals surface area contributed by atoms with Gasteiger partial charge < -0.3 is 14.0 Å². The minimum Gasteiger partial charge on any atom is -0.456 e. The summed E-state index contributed by atoms with van der Waals surface area (Å²) in [6, 6.07) is 12.3. The maximum Gasteiger partial charge on any atom is 0.303 e. The molecule has 0 amide bonds. The number of esters is 1.